The number of hydrogen-bond acceptors (Lipinski definition) is 13. The Hall–Kier alpha value is -3.09. The van der Waals surface area contributed by atoms with Crippen molar-refractivity contribution in [1.82, 2.24) is 5.32 Å². The number of amides is 1. The maximum Gasteiger partial charge on any atom is 0.220 e. The van der Waals surface area contributed by atoms with Gasteiger partial charge >= 0.3 is 0 Å². The Morgan fingerprint density at radius 3 is 1.22 bits per heavy atom. The Labute approximate surface area is 547 Å². The minimum absolute atomic E-state index is 0.248. The van der Waals surface area contributed by atoms with Crippen LogP contribution in [0.4, 0.5) is 0 Å². The summed E-state index contributed by atoms with van der Waals surface area (Å²) >= 11 is 0. The summed E-state index contributed by atoms with van der Waals surface area (Å²) in [6.07, 6.45) is 67.8. The molecule has 1 amide bonds. The maximum absolute atomic E-state index is 13.3. The molecule has 520 valence electrons. The number of unbranched alkanes of at least 4 members (excludes halogenated alkanes) is 32. The molecule has 2 aliphatic heterocycles. The van der Waals surface area contributed by atoms with Crippen LogP contribution in [0.3, 0.4) is 0 Å². The van der Waals surface area contributed by atoms with Crippen molar-refractivity contribution in [2.45, 2.75) is 357 Å². The lowest BCUT2D eigenvalue weighted by Crippen LogP contribution is -2.65. The Morgan fingerprint density at radius 1 is 0.411 bits per heavy atom. The van der Waals surface area contributed by atoms with Crippen LogP contribution in [-0.2, 0) is 23.7 Å². The predicted octanol–water partition coefficient (Wildman–Crippen LogP) is 15.3. The van der Waals surface area contributed by atoms with Crippen LogP contribution in [0, 0.1) is 0 Å². The van der Waals surface area contributed by atoms with Crippen molar-refractivity contribution >= 4 is 5.91 Å². The standard InChI is InChI=1S/C76H133NO13/c1-3-5-7-9-11-13-15-17-19-20-21-22-23-24-25-26-27-28-29-30-31-32-33-34-35-36-37-38-39-40-41-42-43-44-46-48-50-52-54-56-58-60-68(81)77-64(65(80)59-57-55-53-51-49-47-45-18-16-14-12-10-8-6-4-2)63-87-75-73(86)71(84)74(67(62-79)89-75)90-76-72(85)70(83)69(82)66(61-78)88-76/h5,7,11,13,17,19,21-22,24-25,27-28,49,51,57,59,64-67,69-76,78-80,82-86H,3-4,6,8-10,12,14-16,18,20,23,26,29-48,50,52-56,58,60-63H2,1-2H3,(H,77,81)/b7-5-,13-11-,19-17-,22-21-,25-24-,28-27-,51-49+,59-57+. The summed E-state index contributed by atoms with van der Waals surface area (Å²) in [6.45, 7) is 2.67. The summed E-state index contributed by atoms with van der Waals surface area (Å²) in [6, 6.07) is -0.934. The molecule has 2 saturated heterocycles. The van der Waals surface area contributed by atoms with Gasteiger partial charge in [-0.15, -0.1) is 0 Å². The lowest BCUT2D eigenvalue weighted by Gasteiger charge is -2.46. The van der Waals surface area contributed by atoms with Gasteiger partial charge in [0.2, 0.25) is 5.91 Å². The van der Waals surface area contributed by atoms with Crippen molar-refractivity contribution in [3.8, 4) is 0 Å². The first-order valence-corrected chi connectivity index (χ1v) is 36.5. The van der Waals surface area contributed by atoms with Crippen molar-refractivity contribution in [3.63, 3.8) is 0 Å². The molecule has 14 heteroatoms. The Morgan fingerprint density at radius 2 is 0.778 bits per heavy atom. The van der Waals surface area contributed by atoms with Crippen LogP contribution in [-0.4, -0.2) is 140 Å². The molecule has 2 rings (SSSR count). The van der Waals surface area contributed by atoms with Crippen LogP contribution in [0.2, 0.25) is 0 Å². The van der Waals surface area contributed by atoms with Crippen LogP contribution < -0.4 is 5.32 Å². The summed E-state index contributed by atoms with van der Waals surface area (Å²) < 4.78 is 22.8. The molecule has 0 aromatic carbocycles. The van der Waals surface area contributed by atoms with E-state index in [-0.39, 0.29) is 18.9 Å². The van der Waals surface area contributed by atoms with E-state index in [0.717, 1.165) is 70.6 Å². The van der Waals surface area contributed by atoms with E-state index < -0.39 is 86.8 Å². The second-order valence-corrected chi connectivity index (χ2v) is 25.3. The quantitative estimate of drug-likeness (QED) is 0.0204. The fraction of sp³-hybridized carbons (Fsp3) is 0.776. The van der Waals surface area contributed by atoms with Crippen molar-refractivity contribution in [3.05, 3.63) is 97.2 Å². The van der Waals surface area contributed by atoms with E-state index in [1.54, 1.807) is 6.08 Å². The number of ether oxygens (including phenoxy) is 4. The molecule has 2 heterocycles. The lowest BCUT2D eigenvalue weighted by atomic mass is 9.97. The van der Waals surface area contributed by atoms with Gasteiger partial charge in [0.25, 0.3) is 0 Å². The zero-order valence-corrected chi connectivity index (χ0v) is 56.6. The molecule has 0 aliphatic carbocycles. The average Bonchev–Trinajstić information content (AvgIpc) is 1.58. The fourth-order valence-electron chi connectivity index (χ4n) is 11.5. The van der Waals surface area contributed by atoms with E-state index >= 15 is 0 Å². The number of allylic oxidation sites excluding steroid dienone is 15. The van der Waals surface area contributed by atoms with Crippen LogP contribution in [0.15, 0.2) is 97.2 Å². The van der Waals surface area contributed by atoms with Gasteiger partial charge in [-0.1, -0.05) is 291 Å². The molecule has 0 saturated carbocycles. The molecule has 9 N–H and O–H groups in total. The summed E-state index contributed by atoms with van der Waals surface area (Å²) in [7, 11) is 0. The van der Waals surface area contributed by atoms with E-state index in [4.69, 9.17) is 18.9 Å². The zero-order chi connectivity index (χ0) is 65.2. The molecule has 12 atom stereocenters. The predicted molar refractivity (Wildman–Crippen MR) is 369 cm³/mol. The van der Waals surface area contributed by atoms with Gasteiger partial charge < -0.3 is 65.1 Å². The molecule has 2 aliphatic rings. The van der Waals surface area contributed by atoms with Crippen molar-refractivity contribution in [2.75, 3.05) is 19.8 Å². The number of nitrogens with one attached hydrogen (secondary N) is 1. The van der Waals surface area contributed by atoms with Gasteiger partial charge in [0.1, 0.15) is 48.8 Å². The van der Waals surface area contributed by atoms with E-state index in [9.17, 15) is 45.6 Å². The maximum atomic E-state index is 13.3. The van der Waals surface area contributed by atoms with Gasteiger partial charge in [-0.05, 0) is 83.5 Å². The average molecular weight is 1270 g/mol. The number of rotatable bonds is 59. The van der Waals surface area contributed by atoms with Crippen LogP contribution >= 0.6 is 0 Å². The monoisotopic (exact) mass is 1270 g/mol. The number of carbonyl (C=O) groups is 1. The van der Waals surface area contributed by atoms with Crippen molar-refractivity contribution < 1.29 is 64.6 Å². The highest BCUT2D eigenvalue weighted by Crippen LogP contribution is 2.30. The van der Waals surface area contributed by atoms with E-state index in [1.807, 2.05) is 6.08 Å². The van der Waals surface area contributed by atoms with Gasteiger partial charge in [-0.3, -0.25) is 4.79 Å². The van der Waals surface area contributed by atoms with Crippen molar-refractivity contribution in [1.29, 1.82) is 0 Å². The number of hydrogen-bond donors (Lipinski definition) is 9. The third kappa shape index (κ3) is 43.0. The first-order chi connectivity index (χ1) is 44.1. The Bertz CT molecular complexity index is 1880. The molecule has 0 aromatic heterocycles. The molecule has 90 heavy (non-hydrogen) atoms. The van der Waals surface area contributed by atoms with Crippen LogP contribution in [0.5, 0.6) is 0 Å². The van der Waals surface area contributed by atoms with Crippen molar-refractivity contribution in [2.24, 2.45) is 0 Å². The van der Waals surface area contributed by atoms with E-state index in [0.29, 0.717) is 12.8 Å². The molecule has 0 spiro atoms. The highest BCUT2D eigenvalue weighted by molar-refractivity contribution is 5.76. The van der Waals surface area contributed by atoms with E-state index in [2.05, 4.69) is 104 Å². The molecule has 2 fully saturated rings. The third-order valence-electron chi connectivity index (χ3n) is 17.3. The highest BCUT2D eigenvalue weighted by atomic mass is 16.7. The van der Waals surface area contributed by atoms with Crippen LogP contribution in [0.25, 0.3) is 0 Å². The smallest absolute Gasteiger partial charge is 0.220 e. The first kappa shape index (κ1) is 83.0. The minimum Gasteiger partial charge on any atom is -0.394 e. The second kappa shape index (κ2) is 59.6. The summed E-state index contributed by atoms with van der Waals surface area (Å²) in [5, 5.41) is 87.3. The number of aliphatic hydroxyl groups is 8. The molecule has 0 aromatic rings. The zero-order valence-electron chi connectivity index (χ0n) is 56.6. The lowest BCUT2D eigenvalue weighted by molar-refractivity contribution is -0.359. The third-order valence-corrected chi connectivity index (χ3v) is 17.3. The van der Waals surface area contributed by atoms with Gasteiger partial charge in [0.05, 0.1) is 32.0 Å². The van der Waals surface area contributed by atoms with Gasteiger partial charge in [-0.25, -0.2) is 0 Å². The second-order valence-electron chi connectivity index (χ2n) is 25.3. The normalized spacial score (nSPS) is 23.5. The Balaban J connectivity index is 1.56. The highest BCUT2D eigenvalue weighted by Gasteiger charge is 2.51. The molecule has 0 radical (unpaired) electrons. The SMILES string of the molecule is CC/C=C\C/C=C\C/C=C\C/C=C\C/C=C\C/C=C\CCCCCCCCCCCCCCCCCCCCCCCCC(=O)NC(COC1OC(CO)C(OC2OC(CO)C(O)C(O)C2O)C(O)C1O)C(O)/C=C/CC/C=C/CCCCCCCCCCC. The summed E-state index contributed by atoms with van der Waals surface area (Å²) in [5.41, 5.74) is 0. The molecule has 0 bridgehead atoms. The number of aliphatic hydroxyl groups excluding tert-OH is 8. The summed E-state index contributed by atoms with van der Waals surface area (Å²) in [4.78, 5) is 13.3. The van der Waals surface area contributed by atoms with Gasteiger partial charge in [-0.2, -0.15) is 0 Å². The molecule has 12 unspecified atom stereocenters. The van der Waals surface area contributed by atoms with Gasteiger partial charge in [0, 0.05) is 6.42 Å². The van der Waals surface area contributed by atoms with Crippen LogP contribution in [0.1, 0.15) is 284 Å². The molecular weight excluding hydrogens is 1130 g/mol. The van der Waals surface area contributed by atoms with Gasteiger partial charge in [0.15, 0.2) is 12.6 Å². The molecule has 14 nitrogen and oxygen atoms in total. The number of carbonyl (C=O) groups excluding carboxylic acids is 1. The largest absolute Gasteiger partial charge is 0.394 e. The minimum atomic E-state index is -1.79. The topological polar surface area (TPSA) is 228 Å². The van der Waals surface area contributed by atoms with E-state index in [1.165, 1.54) is 180 Å². The summed E-state index contributed by atoms with van der Waals surface area (Å²) in [5.74, 6) is -0.248. The Kier molecular flexibility index (Phi) is 55.0. The molecular formula is C76H133NO13. The fourth-order valence-corrected chi connectivity index (χ4v) is 11.5. The first-order valence-electron chi connectivity index (χ1n) is 36.5.